The van der Waals surface area contributed by atoms with Crippen LogP contribution in [-0.4, -0.2) is 41.0 Å². The van der Waals surface area contributed by atoms with Gasteiger partial charge in [-0.25, -0.2) is 4.79 Å². The molecule has 2 aromatic heterocycles. The summed E-state index contributed by atoms with van der Waals surface area (Å²) < 4.78 is 11.2. The van der Waals surface area contributed by atoms with Gasteiger partial charge in [0, 0.05) is 13.3 Å². The van der Waals surface area contributed by atoms with Crippen LogP contribution in [0, 0.1) is 0 Å². The van der Waals surface area contributed by atoms with Gasteiger partial charge in [-0.05, 0) is 12.1 Å². The number of nitrogens with two attached hydrogens (primary N) is 1. The summed E-state index contributed by atoms with van der Waals surface area (Å²) in [4.78, 5) is 27.2. The smallest absolute Gasteiger partial charge is 0.341 e. The fraction of sp³-hybridized carbons (Fsp3) is 0.308. The van der Waals surface area contributed by atoms with Crippen LogP contribution in [-0.2, 0) is 9.53 Å². The molecular formula is C13H15N3O5. The van der Waals surface area contributed by atoms with Crippen molar-refractivity contribution in [3.8, 4) is 5.75 Å². The fourth-order valence-electron chi connectivity index (χ4n) is 1.78. The Morgan fingerprint density at radius 1 is 1.52 bits per heavy atom. The Hall–Kier alpha value is -2.45. The maximum atomic E-state index is 12.3. The standard InChI is InChI=1S/C13H15N3O5/c1-20-4-5-21-8-6-9-10(15-7-8)2-3-16(12(9)17)11(14)13(18)19/h2-3,6-7,11H,4-5,14H2,1H3,(H,18,19)/t11-/m0/s1. The number of hydrogen-bond donors (Lipinski definition) is 2. The molecule has 0 aliphatic rings. The second-order valence-electron chi connectivity index (χ2n) is 4.26. The van der Waals surface area contributed by atoms with Gasteiger partial charge in [0.2, 0.25) is 0 Å². The zero-order chi connectivity index (χ0) is 15.4. The number of carboxylic acid groups (broad SMARTS) is 1. The van der Waals surface area contributed by atoms with Gasteiger partial charge in [0.05, 0.1) is 23.7 Å². The average Bonchev–Trinajstić information content (AvgIpc) is 2.47. The predicted molar refractivity (Wildman–Crippen MR) is 74.2 cm³/mol. The Balaban J connectivity index is 2.42. The summed E-state index contributed by atoms with van der Waals surface area (Å²) in [5.41, 5.74) is 5.36. The number of ether oxygens (including phenoxy) is 2. The largest absolute Gasteiger partial charge is 0.490 e. The minimum absolute atomic E-state index is 0.240. The molecule has 0 unspecified atom stereocenters. The quantitative estimate of drug-likeness (QED) is 0.718. The SMILES string of the molecule is COCCOc1cnc2ccn([C@H](N)C(=O)O)c(=O)c2c1. The third-order valence-corrected chi connectivity index (χ3v) is 2.86. The first-order valence-corrected chi connectivity index (χ1v) is 6.15. The molecule has 21 heavy (non-hydrogen) atoms. The van der Waals surface area contributed by atoms with Crippen molar-refractivity contribution in [1.29, 1.82) is 0 Å². The van der Waals surface area contributed by atoms with E-state index >= 15 is 0 Å². The van der Waals surface area contributed by atoms with Gasteiger partial charge in [0.15, 0.2) is 6.17 Å². The summed E-state index contributed by atoms with van der Waals surface area (Å²) in [5.74, 6) is -0.893. The molecule has 0 bridgehead atoms. The summed E-state index contributed by atoms with van der Waals surface area (Å²) in [6.45, 7) is 0.723. The molecule has 0 saturated heterocycles. The summed E-state index contributed by atoms with van der Waals surface area (Å²) >= 11 is 0. The number of carbonyl (C=O) groups is 1. The van der Waals surface area contributed by atoms with Crippen LogP contribution in [0.5, 0.6) is 5.75 Å². The van der Waals surface area contributed by atoms with Gasteiger partial charge in [-0.15, -0.1) is 0 Å². The molecule has 2 aromatic rings. The molecule has 0 saturated carbocycles. The van der Waals surface area contributed by atoms with Crippen LogP contribution in [0.2, 0.25) is 0 Å². The van der Waals surface area contributed by atoms with E-state index in [1.54, 1.807) is 7.11 Å². The highest BCUT2D eigenvalue weighted by molar-refractivity contribution is 5.79. The average molecular weight is 293 g/mol. The second-order valence-corrected chi connectivity index (χ2v) is 4.26. The number of hydrogen-bond acceptors (Lipinski definition) is 6. The van der Waals surface area contributed by atoms with Crippen molar-refractivity contribution in [1.82, 2.24) is 9.55 Å². The van der Waals surface area contributed by atoms with Gasteiger partial charge in [0.25, 0.3) is 5.56 Å². The van der Waals surface area contributed by atoms with Crippen LogP contribution < -0.4 is 16.0 Å². The van der Waals surface area contributed by atoms with Gasteiger partial charge in [0.1, 0.15) is 12.4 Å². The number of aliphatic carboxylic acids is 1. The van der Waals surface area contributed by atoms with E-state index in [1.807, 2.05) is 0 Å². The van der Waals surface area contributed by atoms with Crippen LogP contribution in [0.3, 0.4) is 0 Å². The lowest BCUT2D eigenvalue weighted by Crippen LogP contribution is -2.35. The van der Waals surface area contributed by atoms with E-state index in [0.29, 0.717) is 24.5 Å². The highest BCUT2D eigenvalue weighted by atomic mass is 16.5. The van der Waals surface area contributed by atoms with Gasteiger partial charge >= 0.3 is 5.97 Å². The zero-order valence-electron chi connectivity index (χ0n) is 11.4. The molecule has 8 heteroatoms. The highest BCUT2D eigenvalue weighted by Gasteiger charge is 2.16. The number of aromatic nitrogens is 2. The first kappa shape index (κ1) is 14.9. The lowest BCUT2D eigenvalue weighted by atomic mass is 10.2. The maximum absolute atomic E-state index is 12.3. The molecule has 1 atom stereocenters. The first-order chi connectivity index (χ1) is 10.0. The fourth-order valence-corrected chi connectivity index (χ4v) is 1.78. The Bertz CT molecular complexity index is 713. The van der Waals surface area contributed by atoms with Crippen LogP contribution >= 0.6 is 0 Å². The Morgan fingerprint density at radius 3 is 2.95 bits per heavy atom. The third-order valence-electron chi connectivity index (χ3n) is 2.86. The van der Waals surface area contributed by atoms with E-state index in [4.69, 9.17) is 20.3 Å². The van der Waals surface area contributed by atoms with Crippen molar-refractivity contribution in [3.63, 3.8) is 0 Å². The third kappa shape index (κ3) is 3.18. The number of fused-ring (bicyclic) bond motifs is 1. The van der Waals surface area contributed by atoms with Crippen LogP contribution in [0.25, 0.3) is 10.9 Å². The van der Waals surface area contributed by atoms with Gasteiger partial charge in [-0.1, -0.05) is 0 Å². The topological polar surface area (TPSA) is 117 Å². The van der Waals surface area contributed by atoms with Crippen molar-refractivity contribution < 1.29 is 19.4 Å². The summed E-state index contributed by atoms with van der Waals surface area (Å²) in [6.07, 6.45) is 1.35. The maximum Gasteiger partial charge on any atom is 0.341 e. The summed E-state index contributed by atoms with van der Waals surface area (Å²) in [7, 11) is 1.55. The summed E-state index contributed by atoms with van der Waals surface area (Å²) in [6, 6.07) is 3.03. The number of pyridine rings is 2. The molecule has 0 amide bonds. The molecule has 3 N–H and O–H groups in total. The van der Waals surface area contributed by atoms with Crippen molar-refractivity contribution in [2.24, 2.45) is 5.73 Å². The molecule has 0 spiro atoms. The molecule has 2 heterocycles. The molecular weight excluding hydrogens is 278 g/mol. The van der Waals surface area contributed by atoms with Crippen molar-refractivity contribution in [2.45, 2.75) is 6.17 Å². The number of methoxy groups -OCH3 is 1. The monoisotopic (exact) mass is 293 g/mol. The zero-order valence-corrected chi connectivity index (χ0v) is 11.4. The molecule has 8 nitrogen and oxygen atoms in total. The Kier molecular flexibility index (Phi) is 4.51. The van der Waals surface area contributed by atoms with Crippen molar-refractivity contribution >= 4 is 16.9 Å². The van der Waals surface area contributed by atoms with Gasteiger partial charge < -0.3 is 20.3 Å². The van der Waals surface area contributed by atoms with Crippen molar-refractivity contribution in [2.75, 3.05) is 20.3 Å². The number of carboxylic acids is 1. The van der Waals surface area contributed by atoms with E-state index in [-0.39, 0.29) is 5.39 Å². The van der Waals surface area contributed by atoms with Crippen LogP contribution in [0.15, 0.2) is 29.3 Å². The highest BCUT2D eigenvalue weighted by Crippen LogP contribution is 2.15. The van der Waals surface area contributed by atoms with E-state index in [9.17, 15) is 9.59 Å². The minimum atomic E-state index is -1.44. The van der Waals surface area contributed by atoms with E-state index in [2.05, 4.69) is 4.98 Å². The summed E-state index contributed by atoms with van der Waals surface area (Å²) in [5, 5.41) is 9.13. The molecule has 0 aliphatic carbocycles. The molecule has 0 radical (unpaired) electrons. The minimum Gasteiger partial charge on any atom is -0.490 e. The van der Waals surface area contributed by atoms with Gasteiger partial charge in [-0.2, -0.15) is 0 Å². The van der Waals surface area contributed by atoms with Crippen molar-refractivity contribution in [3.05, 3.63) is 34.9 Å². The predicted octanol–water partition coefficient (Wildman–Crippen LogP) is -0.0364. The molecule has 0 aliphatic heterocycles. The Labute approximate surface area is 119 Å². The Morgan fingerprint density at radius 2 is 2.29 bits per heavy atom. The molecule has 2 rings (SSSR count). The normalized spacial score (nSPS) is 12.3. The van der Waals surface area contributed by atoms with E-state index in [1.165, 1.54) is 24.5 Å². The van der Waals surface area contributed by atoms with E-state index < -0.39 is 17.7 Å². The molecule has 0 aromatic carbocycles. The number of rotatable bonds is 6. The number of nitrogens with zero attached hydrogens (tertiary/aromatic N) is 2. The van der Waals surface area contributed by atoms with E-state index in [0.717, 1.165) is 4.57 Å². The first-order valence-electron chi connectivity index (χ1n) is 6.15. The molecule has 0 fully saturated rings. The second kappa shape index (κ2) is 6.33. The lowest BCUT2D eigenvalue weighted by molar-refractivity contribution is -0.140. The van der Waals surface area contributed by atoms with Crippen LogP contribution in [0.1, 0.15) is 6.17 Å². The molecule has 112 valence electrons. The van der Waals surface area contributed by atoms with Crippen LogP contribution in [0.4, 0.5) is 0 Å². The van der Waals surface area contributed by atoms with Gasteiger partial charge in [-0.3, -0.25) is 14.3 Å². The lowest BCUT2D eigenvalue weighted by Gasteiger charge is -2.11.